The summed E-state index contributed by atoms with van der Waals surface area (Å²) >= 11 is 0. The molecule has 1 N–H and O–H groups in total. The van der Waals surface area contributed by atoms with Gasteiger partial charge in [-0.1, -0.05) is 35.5 Å². The Bertz CT molecular complexity index is 726. The largest absolute Gasteiger partial charge is 0.479 e. The van der Waals surface area contributed by atoms with Crippen molar-refractivity contribution in [1.82, 2.24) is 25.0 Å². The normalized spacial score (nSPS) is 10.9. The summed E-state index contributed by atoms with van der Waals surface area (Å²) in [6.07, 6.45) is 0. The topological polar surface area (TPSA) is 86.0 Å². The van der Waals surface area contributed by atoms with Crippen LogP contribution in [0.5, 0.6) is 5.88 Å². The van der Waals surface area contributed by atoms with Gasteiger partial charge in [0, 0.05) is 5.56 Å². The van der Waals surface area contributed by atoms with Crippen molar-refractivity contribution >= 4 is 11.2 Å². The highest BCUT2D eigenvalue weighted by atomic mass is 16.5. The average molecular weight is 271 g/mol. The Kier molecular flexibility index (Phi) is 3.26. The zero-order chi connectivity index (χ0) is 13.9. The summed E-state index contributed by atoms with van der Waals surface area (Å²) in [6.45, 7) is 0.288. The lowest BCUT2D eigenvalue weighted by atomic mass is 10.2. The van der Waals surface area contributed by atoms with E-state index in [1.165, 1.54) is 11.8 Å². The van der Waals surface area contributed by atoms with Crippen molar-refractivity contribution in [3.8, 4) is 17.3 Å². The predicted octanol–water partition coefficient (Wildman–Crippen LogP) is 0.889. The standard InChI is InChI=1S/C13H13N5O2/c1-20-13-10-12(18(7-8-19)17-16-10)14-11(15-13)9-5-3-2-4-6-9/h2-6,19H,7-8H2,1H3. The molecule has 7 nitrogen and oxygen atoms in total. The van der Waals surface area contributed by atoms with Crippen molar-refractivity contribution < 1.29 is 9.84 Å². The molecule has 0 saturated heterocycles. The van der Waals surface area contributed by atoms with E-state index in [1.54, 1.807) is 0 Å². The Morgan fingerprint density at radius 3 is 2.70 bits per heavy atom. The van der Waals surface area contributed by atoms with Gasteiger partial charge >= 0.3 is 0 Å². The van der Waals surface area contributed by atoms with Crippen molar-refractivity contribution in [2.75, 3.05) is 13.7 Å². The quantitative estimate of drug-likeness (QED) is 0.758. The van der Waals surface area contributed by atoms with Crippen molar-refractivity contribution in [3.63, 3.8) is 0 Å². The summed E-state index contributed by atoms with van der Waals surface area (Å²) < 4.78 is 6.79. The summed E-state index contributed by atoms with van der Waals surface area (Å²) in [4.78, 5) is 8.82. The van der Waals surface area contributed by atoms with Gasteiger partial charge in [0.05, 0.1) is 20.3 Å². The monoisotopic (exact) mass is 271 g/mol. The third-order valence-corrected chi connectivity index (χ3v) is 2.87. The first-order valence-electron chi connectivity index (χ1n) is 6.15. The Morgan fingerprint density at radius 2 is 2.00 bits per heavy atom. The fourth-order valence-corrected chi connectivity index (χ4v) is 1.94. The van der Waals surface area contributed by atoms with Crippen LogP contribution in [-0.2, 0) is 6.54 Å². The van der Waals surface area contributed by atoms with Crippen LogP contribution in [0.2, 0.25) is 0 Å². The van der Waals surface area contributed by atoms with E-state index in [9.17, 15) is 0 Å². The number of hydrogen-bond donors (Lipinski definition) is 1. The SMILES string of the molecule is COc1nc(-c2ccccc2)nc2c1nnn2CCO. The smallest absolute Gasteiger partial charge is 0.247 e. The molecular formula is C13H13N5O2. The van der Waals surface area contributed by atoms with E-state index in [0.29, 0.717) is 29.4 Å². The maximum Gasteiger partial charge on any atom is 0.247 e. The van der Waals surface area contributed by atoms with E-state index in [2.05, 4.69) is 20.3 Å². The zero-order valence-corrected chi connectivity index (χ0v) is 10.9. The first-order chi connectivity index (χ1) is 9.83. The molecule has 0 aliphatic heterocycles. The van der Waals surface area contributed by atoms with Crippen LogP contribution in [0, 0.1) is 0 Å². The van der Waals surface area contributed by atoms with Gasteiger partial charge in [0.25, 0.3) is 0 Å². The van der Waals surface area contributed by atoms with Gasteiger partial charge in [-0.05, 0) is 0 Å². The van der Waals surface area contributed by atoms with Crippen molar-refractivity contribution in [2.24, 2.45) is 0 Å². The van der Waals surface area contributed by atoms with Crippen molar-refractivity contribution in [2.45, 2.75) is 6.54 Å². The molecule has 0 amide bonds. The van der Waals surface area contributed by atoms with Crippen LogP contribution in [0.4, 0.5) is 0 Å². The number of aliphatic hydroxyl groups is 1. The summed E-state index contributed by atoms with van der Waals surface area (Å²) in [5.41, 5.74) is 1.91. The second-order valence-electron chi connectivity index (χ2n) is 4.13. The van der Waals surface area contributed by atoms with E-state index in [1.807, 2.05) is 30.3 Å². The van der Waals surface area contributed by atoms with Crippen LogP contribution < -0.4 is 4.74 Å². The zero-order valence-electron chi connectivity index (χ0n) is 10.9. The van der Waals surface area contributed by atoms with E-state index >= 15 is 0 Å². The van der Waals surface area contributed by atoms with Crippen LogP contribution in [0.15, 0.2) is 30.3 Å². The molecule has 0 aliphatic carbocycles. The third kappa shape index (κ3) is 2.08. The van der Waals surface area contributed by atoms with Gasteiger partial charge in [0.1, 0.15) is 0 Å². The first-order valence-corrected chi connectivity index (χ1v) is 6.15. The molecule has 0 saturated carbocycles. The number of nitrogens with zero attached hydrogens (tertiary/aromatic N) is 5. The number of hydrogen-bond acceptors (Lipinski definition) is 6. The van der Waals surface area contributed by atoms with Gasteiger partial charge in [-0.2, -0.15) is 4.98 Å². The molecule has 0 bridgehead atoms. The van der Waals surface area contributed by atoms with Crippen LogP contribution in [0.3, 0.4) is 0 Å². The average Bonchev–Trinajstić information content (AvgIpc) is 2.91. The molecule has 0 fully saturated rings. The molecule has 0 atom stereocenters. The van der Waals surface area contributed by atoms with E-state index in [4.69, 9.17) is 9.84 Å². The molecule has 2 aromatic heterocycles. The maximum atomic E-state index is 9.05. The lowest BCUT2D eigenvalue weighted by Crippen LogP contribution is -2.05. The molecular weight excluding hydrogens is 258 g/mol. The highest BCUT2D eigenvalue weighted by Crippen LogP contribution is 2.24. The minimum absolute atomic E-state index is 0.0363. The molecule has 2 heterocycles. The summed E-state index contributed by atoms with van der Waals surface area (Å²) in [5, 5.41) is 17.0. The molecule has 20 heavy (non-hydrogen) atoms. The Morgan fingerprint density at radius 1 is 1.20 bits per heavy atom. The summed E-state index contributed by atoms with van der Waals surface area (Å²) in [5.74, 6) is 0.912. The Balaban J connectivity index is 2.21. The fraction of sp³-hybridized carbons (Fsp3) is 0.231. The van der Waals surface area contributed by atoms with Crippen LogP contribution in [-0.4, -0.2) is 43.8 Å². The van der Waals surface area contributed by atoms with Crippen molar-refractivity contribution in [3.05, 3.63) is 30.3 Å². The summed E-state index contributed by atoms with van der Waals surface area (Å²) in [6, 6.07) is 9.59. The molecule has 0 radical (unpaired) electrons. The van der Waals surface area contributed by atoms with Crippen LogP contribution in [0.25, 0.3) is 22.6 Å². The Labute approximate surface area is 114 Å². The molecule has 0 unspecified atom stereocenters. The number of fused-ring (bicyclic) bond motifs is 1. The van der Waals surface area contributed by atoms with Gasteiger partial charge < -0.3 is 9.84 Å². The third-order valence-electron chi connectivity index (χ3n) is 2.87. The van der Waals surface area contributed by atoms with Gasteiger partial charge in [0.2, 0.25) is 5.88 Å². The molecule has 3 rings (SSSR count). The van der Waals surface area contributed by atoms with Gasteiger partial charge in [-0.3, -0.25) is 0 Å². The van der Waals surface area contributed by atoms with Gasteiger partial charge in [0.15, 0.2) is 17.0 Å². The minimum atomic E-state index is -0.0363. The number of rotatable bonds is 4. The molecule has 0 aliphatic rings. The molecule has 0 spiro atoms. The maximum absolute atomic E-state index is 9.05. The number of benzene rings is 1. The second kappa shape index (κ2) is 5.22. The molecule has 7 heteroatoms. The predicted molar refractivity (Wildman–Crippen MR) is 72.2 cm³/mol. The highest BCUT2D eigenvalue weighted by Gasteiger charge is 2.15. The molecule has 3 aromatic rings. The molecule has 102 valence electrons. The Hall–Kier alpha value is -2.54. The number of aromatic nitrogens is 5. The van der Waals surface area contributed by atoms with Crippen molar-refractivity contribution in [1.29, 1.82) is 0 Å². The first kappa shape index (κ1) is 12.5. The fourth-order valence-electron chi connectivity index (χ4n) is 1.94. The molecule has 1 aromatic carbocycles. The van der Waals surface area contributed by atoms with E-state index < -0.39 is 0 Å². The highest BCUT2D eigenvalue weighted by molar-refractivity contribution is 5.78. The number of methoxy groups -OCH3 is 1. The lowest BCUT2D eigenvalue weighted by Gasteiger charge is -2.05. The van der Waals surface area contributed by atoms with Gasteiger partial charge in [-0.25, -0.2) is 9.67 Å². The summed E-state index contributed by atoms with van der Waals surface area (Å²) in [7, 11) is 1.53. The lowest BCUT2D eigenvalue weighted by molar-refractivity contribution is 0.270. The minimum Gasteiger partial charge on any atom is -0.479 e. The van der Waals surface area contributed by atoms with E-state index in [-0.39, 0.29) is 6.61 Å². The van der Waals surface area contributed by atoms with Gasteiger partial charge in [-0.15, -0.1) is 5.10 Å². The van der Waals surface area contributed by atoms with E-state index in [0.717, 1.165) is 5.56 Å². The second-order valence-corrected chi connectivity index (χ2v) is 4.13. The number of ether oxygens (including phenoxy) is 1. The van der Waals surface area contributed by atoms with Crippen LogP contribution >= 0.6 is 0 Å². The number of aliphatic hydroxyl groups excluding tert-OH is 1. The van der Waals surface area contributed by atoms with Crippen LogP contribution in [0.1, 0.15) is 0 Å².